The maximum Gasteiger partial charge on any atom is 0.176 e. The van der Waals surface area contributed by atoms with Crippen molar-refractivity contribution < 1.29 is 0 Å². The summed E-state index contributed by atoms with van der Waals surface area (Å²) in [5, 5.41) is 12.1. The summed E-state index contributed by atoms with van der Waals surface area (Å²) in [6.45, 7) is 0. The van der Waals surface area contributed by atoms with E-state index in [0.717, 1.165) is 18.7 Å². The molecule has 2 unspecified atom stereocenters. The van der Waals surface area contributed by atoms with Crippen LogP contribution in [0.4, 0.5) is 0 Å². The predicted octanol–water partition coefficient (Wildman–Crippen LogP) is 0.315. The molecule has 0 spiro atoms. The Balaban J connectivity index is 1.80. The highest BCUT2D eigenvalue weighted by molar-refractivity contribution is 5.36. The zero-order valence-electron chi connectivity index (χ0n) is 11.0. The molecule has 0 amide bonds. The van der Waals surface area contributed by atoms with Gasteiger partial charge in [0.2, 0.25) is 0 Å². The van der Waals surface area contributed by atoms with Crippen LogP contribution in [0.25, 0.3) is 0 Å². The lowest BCUT2D eigenvalue weighted by Gasteiger charge is -2.22. The van der Waals surface area contributed by atoms with E-state index >= 15 is 0 Å². The molecule has 1 aliphatic carbocycles. The molecule has 1 aromatic heterocycles. The number of hydrogen-bond donors (Lipinski definition) is 2. The minimum atomic E-state index is 0.146. The van der Waals surface area contributed by atoms with Crippen molar-refractivity contribution in [2.45, 2.75) is 31.2 Å². The second kappa shape index (κ2) is 5.07. The van der Waals surface area contributed by atoms with Crippen molar-refractivity contribution in [1.82, 2.24) is 25.6 Å². The summed E-state index contributed by atoms with van der Waals surface area (Å²) >= 11 is 0. The average Bonchev–Trinajstić information content (AvgIpc) is 3.02. The Morgan fingerprint density at radius 3 is 3.05 bits per heavy atom. The van der Waals surface area contributed by atoms with E-state index in [1.807, 2.05) is 0 Å². The number of tetrazole rings is 1. The standard InChI is InChI=1S/C13H18N6/c1-19-17-13(16-18-19)8-12(15-14)11-7-6-9-4-2-3-5-10(9)11/h2-5,11-12,15H,6-8,14H2,1H3. The molecule has 19 heavy (non-hydrogen) atoms. The fraction of sp³-hybridized carbons (Fsp3) is 0.462. The SMILES string of the molecule is Cn1nnc(CC(NN)C2CCc3ccccc32)n1. The number of hydrogen-bond acceptors (Lipinski definition) is 5. The van der Waals surface area contributed by atoms with E-state index in [9.17, 15) is 0 Å². The number of benzene rings is 1. The third-order valence-electron chi connectivity index (χ3n) is 3.83. The number of fused-ring (bicyclic) bond motifs is 1. The molecule has 0 bridgehead atoms. The first kappa shape index (κ1) is 12.3. The van der Waals surface area contributed by atoms with Crippen LogP contribution in [0.15, 0.2) is 24.3 Å². The maximum absolute atomic E-state index is 5.73. The summed E-state index contributed by atoms with van der Waals surface area (Å²) in [5.41, 5.74) is 5.75. The maximum atomic E-state index is 5.73. The van der Waals surface area contributed by atoms with Gasteiger partial charge in [-0.05, 0) is 29.2 Å². The van der Waals surface area contributed by atoms with Crippen molar-refractivity contribution in [3.05, 3.63) is 41.2 Å². The Hall–Kier alpha value is -1.79. The Morgan fingerprint density at radius 2 is 2.32 bits per heavy atom. The third kappa shape index (κ3) is 2.36. The number of aromatic nitrogens is 4. The lowest BCUT2D eigenvalue weighted by molar-refractivity contribution is 0.427. The Bertz CT molecular complexity index is 564. The van der Waals surface area contributed by atoms with Gasteiger partial charge in [-0.3, -0.25) is 11.3 Å². The fourth-order valence-electron chi connectivity index (χ4n) is 2.93. The van der Waals surface area contributed by atoms with Crippen LogP contribution in [0.1, 0.15) is 29.3 Å². The van der Waals surface area contributed by atoms with Gasteiger partial charge in [0.15, 0.2) is 5.82 Å². The molecular formula is C13H18N6. The first-order valence-electron chi connectivity index (χ1n) is 6.54. The van der Waals surface area contributed by atoms with E-state index in [0.29, 0.717) is 12.3 Å². The van der Waals surface area contributed by atoms with Crippen molar-refractivity contribution in [1.29, 1.82) is 0 Å². The Labute approximate surface area is 112 Å². The van der Waals surface area contributed by atoms with Gasteiger partial charge in [0, 0.05) is 18.4 Å². The largest absolute Gasteiger partial charge is 0.271 e. The molecule has 0 radical (unpaired) electrons. The number of aryl methyl sites for hydroxylation is 2. The van der Waals surface area contributed by atoms with Gasteiger partial charge in [-0.2, -0.15) is 4.80 Å². The van der Waals surface area contributed by atoms with Gasteiger partial charge >= 0.3 is 0 Å². The summed E-state index contributed by atoms with van der Waals surface area (Å²) in [5.74, 6) is 6.88. The number of rotatable bonds is 4. The fourth-order valence-corrected chi connectivity index (χ4v) is 2.93. The summed E-state index contributed by atoms with van der Waals surface area (Å²) in [4.78, 5) is 1.48. The molecule has 0 fully saturated rings. The normalized spacial score (nSPS) is 19.4. The number of nitrogens with zero attached hydrogens (tertiary/aromatic N) is 4. The van der Waals surface area contributed by atoms with E-state index in [2.05, 4.69) is 45.1 Å². The highest BCUT2D eigenvalue weighted by atomic mass is 15.6. The zero-order valence-corrected chi connectivity index (χ0v) is 11.0. The van der Waals surface area contributed by atoms with Crippen LogP contribution < -0.4 is 11.3 Å². The topological polar surface area (TPSA) is 81.7 Å². The highest BCUT2D eigenvalue weighted by Crippen LogP contribution is 2.35. The minimum absolute atomic E-state index is 0.146. The molecule has 2 aromatic rings. The van der Waals surface area contributed by atoms with Gasteiger partial charge in [0.25, 0.3) is 0 Å². The van der Waals surface area contributed by atoms with Crippen molar-refractivity contribution in [2.75, 3.05) is 0 Å². The van der Waals surface area contributed by atoms with Crippen LogP contribution in [0.3, 0.4) is 0 Å². The first-order chi connectivity index (χ1) is 9.28. The Kier molecular flexibility index (Phi) is 3.27. The first-order valence-corrected chi connectivity index (χ1v) is 6.54. The summed E-state index contributed by atoms with van der Waals surface area (Å²) in [6.07, 6.45) is 2.94. The molecule has 1 heterocycles. The summed E-state index contributed by atoms with van der Waals surface area (Å²) < 4.78 is 0. The molecule has 100 valence electrons. The molecular weight excluding hydrogens is 240 g/mol. The lowest BCUT2D eigenvalue weighted by Crippen LogP contribution is -2.41. The number of hydrazine groups is 1. The van der Waals surface area contributed by atoms with Crippen molar-refractivity contribution in [3.63, 3.8) is 0 Å². The second-order valence-electron chi connectivity index (χ2n) is 5.02. The van der Waals surface area contributed by atoms with E-state index in [1.165, 1.54) is 15.9 Å². The average molecular weight is 258 g/mol. The summed E-state index contributed by atoms with van der Waals surface area (Å²) in [6, 6.07) is 8.72. The van der Waals surface area contributed by atoms with Crippen molar-refractivity contribution >= 4 is 0 Å². The van der Waals surface area contributed by atoms with E-state index in [1.54, 1.807) is 7.05 Å². The predicted molar refractivity (Wildman–Crippen MR) is 71.1 cm³/mol. The molecule has 0 saturated carbocycles. The van der Waals surface area contributed by atoms with E-state index in [-0.39, 0.29) is 6.04 Å². The van der Waals surface area contributed by atoms with Gasteiger partial charge in [0.05, 0.1) is 7.05 Å². The molecule has 0 aliphatic heterocycles. The lowest BCUT2D eigenvalue weighted by atomic mass is 9.91. The van der Waals surface area contributed by atoms with Crippen LogP contribution in [-0.2, 0) is 19.9 Å². The minimum Gasteiger partial charge on any atom is -0.271 e. The van der Waals surface area contributed by atoms with Gasteiger partial charge in [0.1, 0.15) is 0 Å². The second-order valence-corrected chi connectivity index (χ2v) is 5.02. The molecule has 0 saturated heterocycles. The Morgan fingerprint density at radius 1 is 1.47 bits per heavy atom. The smallest absolute Gasteiger partial charge is 0.176 e. The quantitative estimate of drug-likeness (QED) is 0.609. The monoisotopic (exact) mass is 258 g/mol. The van der Waals surface area contributed by atoms with Gasteiger partial charge in [-0.15, -0.1) is 10.2 Å². The van der Waals surface area contributed by atoms with Crippen LogP contribution in [0.5, 0.6) is 0 Å². The molecule has 3 N–H and O–H groups in total. The summed E-state index contributed by atoms with van der Waals surface area (Å²) in [7, 11) is 1.77. The zero-order chi connectivity index (χ0) is 13.2. The van der Waals surface area contributed by atoms with E-state index < -0.39 is 0 Å². The molecule has 2 atom stereocenters. The number of nitrogens with one attached hydrogen (secondary N) is 1. The van der Waals surface area contributed by atoms with Crippen molar-refractivity contribution in [3.8, 4) is 0 Å². The van der Waals surface area contributed by atoms with Crippen LogP contribution >= 0.6 is 0 Å². The third-order valence-corrected chi connectivity index (χ3v) is 3.83. The van der Waals surface area contributed by atoms with Gasteiger partial charge in [-0.25, -0.2) is 0 Å². The van der Waals surface area contributed by atoms with Gasteiger partial charge < -0.3 is 0 Å². The van der Waals surface area contributed by atoms with Gasteiger partial charge in [-0.1, -0.05) is 24.3 Å². The molecule has 3 rings (SSSR count). The van der Waals surface area contributed by atoms with Crippen LogP contribution in [0.2, 0.25) is 0 Å². The molecule has 1 aromatic carbocycles. The highest BCUT2D eigenvalue weighted by Gasteiger charge is 2.29. The van der Waals surface area contributed by atoms with Crippen LogP contribution in [0, 0.1) is 0 Å². The van der Waals surface area contributed by atoms with E-state index in [4.69, 9.17) is 5.84 Å². The molecule has 1 aliphatic rings. The molecule has 6 nitrogen and oxygen atoms in total. The van der Waals surface area contributed by atoms with Crippen LogP contribution in [-0.4, -0.2) is 26.2 Å². The molecule has 6 heteroatoms. The van der Waals surface area contributed by atoms with Crippen molar-refractivity contribution in [2.24, 2.45) is 12.9 Å². The number of nitrogens with two attached hydrogens (primary N) is 1.